The van der Waals surface area contributed by atoms with Crippen molar-refractivity contribution in [3.05, 3.63) is 23.4 Å². The molecule has 0 amide bonds. The van der Waals surface area contributed by atoms with Crippen molar-refractivity contribution in [2.75, 3.05) is 38.2 Å². The molecule has 6 nitrogen and oxygen atoms in total. The van der Waals surface area contributed by atoms with Gasteiger partial charge in [-0.05, 0) is 43.9 Å². The molecular formula is C21H29N3O3. The lowest BCUT2D eigenvalue weighted by Gasteiger charge is -2.33. The molecule has 0 saturated carbocycles. The predicted molar refractivity (Wildman–Crippen MR) is 107 cm³/mol. The van der Waals surface area contributed by atoms with Gasteiger partial charge in [-0.15, -0.1) is 0 Å². The van der Waals surface area contributed by atoms with Crippen molar-refractivity contribution in [3.8, 4) is 11.5 Å². The maximum Gasteiger partial charge on any atom is 0.159 e. The lowest BCUT2D eigenvalue weighted by atomic mass is 9.98. The number of rotatable bonds is 4. The maximum atomic E-state index is 10.1. The van der Waals surface area contributed by atoms with Gasteiger partial charge in [-0.3, -0.25) is 4.98 Å². The minimum absolute atomic E-state index is 0.102. The molecule has 0 atom stereocenters. The number of benzene rings is 1. The van der Waals surface area contributed by atoms with Crippen molar-refractivity contribution >= 4 is 16.6 Å². The van der Waals surface area contributed by atoms with Crippen molar-refractivity contribution in [1.29, 1.82) is 0 Å². The molecule has 146 valence electrons. The zero-order valence-electron chi connectivity index (χ0n) is 16.0. The third kappa shape index (κ3) is 3.82. The normalized spacial score (nSPS) is 19.0. The topological polar surface area (TPSA) is 77.9 Å². The number of ether oxygens (including phenoxy) is 1. The second-order valence-corrected chi connectivity index (χ2v) is 7.64. The van der Waals surface area contributed by atoms with Gasteiger partial charge < -0.3 is 25.2 Å². The fourth-order valence-electron chi connectivity index (χ4n) is 4.29. The van der Waals surface area contributed by atoms with Crippen LogP contribution >= 0.6 is 0 Å². The summed E-state index contributed by atoms with van der Waals surface area (Å²) in [6.07, 6.45) is 5.01. The van der Waals surface area contributed by atoms with Crippen molar-refractivity contribution in [2.24, 2.45) is 0 Å². The Bertz CT molecular complexity index is 816. The molecule has 1 aromatic carbocycles. The Morgan fingerprint density at radius 3 is 2.67 bits per heavy atom. The van der Waals surface area contributed by atoms with Gasteiger partial charge in [0.1, 0.15) is 0 Å². The average molecular weight is 371 g/mol. The lowest BCUT2D eigenvalue weighted by Crippen LogP contribution is -2.39. The molecule has 1 saturated heterocycles. The molecule has 1 aromatic heterocycles. The summed E-state index contributed by atoms with van der Waals surface area (Å²) < 4.78 is 5.66. The molecule has 3 N–H and O–H groups in total. The Morgan fingerprint density at radius 1 is 1.15 bits per heavy atom. The fourth-order valence-corrected chi connectivity index (χ4v) is 4.29. The first-order valence-electron chi connectivity index (χ1n) is 10.1. The summed E-state index contributed by atoms with van der Waals surface area (Å²) in [5.41, 5.74) is 4.01. The van der Waals surface area contributed by atoms with Crippen LogP contribution in [0.3, 0.4) is 0 Å². The number of aromatic hydroxyl groups is 2. The summed E-state index contributed by atoms with van der Waals surface area (Å²) in [5.74, 6) is -0.228. The van der Waals surface area contributed by atoms with E-state index in [1.54, 1.807) is 12.1 Å². The molecule has 2 aliphatic rings. The van der Waals surface area contributed by atoms with Crippen LogP contribution in [0, 0.1) is 0 Å². The molecule has 2 aliphatic heterocycles. The number of fused-ring (bicyclic) bond motifs is 2. The molecule has 0 unspecified atom stereocenters. The summed E-state index contributed by atoms with van der Waals surface area (Å²) in [6.45, 7) is 6.99. The minimum Gasteiger partial charge on any atom is -0.504 e. The highest BCUT2D eigenvalue weighted by Crippen LogP contribution is 2.37. The molecule has 0 aliphatic carbocycles. The Hall–Kier alpha value is -2.05. The van der Waals surface area contributed by atoms with Gasteiger partial charge in [-0.2, -0.15) is 0 Å². The fraction of sp³-hybridized carbons (Fsp3) is 0.571. The minimum atomic E-state index is -0.126. The molecular weight excluding hydrogens is 342 g/mol. The number of pyridine rings is 1. The lowest BCUT2D eigenvalue weighted by molar-refractivity contribution is 0.146. The first-order chi connectivity index (χ1) is 13.2. The smallest absolute Gasteiger partial charge is 0.159 e. The van der Waals surface area contributed by atoms with Crippen LogP contribution in [0.5, 0.6) is 11.5 Å². The van der Waals surface area contributed by atoms with E-state index in [0.29, 0.717) is 19.3 Å². The van der Waals surface area contributed by atoms with E-state index in [0.717, 1.165) is 61.1 Å². The van der Waals surface area contributed by atoms with Gasteiger partial charge in [0, 0.05) is 48.4 Å². The number of likely N-dealkylation sites (tertiary alicyclic amines) is 1. The van der Waals surface area contributed by atoms with E-state index in [2.05, 4.69) is 17.1 Å². The molecule has 0 radical (unpaired) electrons. The van der Waals surface area contributed by atoms with E-state index in [-0.39, 0.29) is 11.5 Å². The van der Waals surface area contributed by atoms with Gasteiger partial charge in [0.2, 0.25) is 0 Å². The number of anilines is 1. The number of hydrogen-bond donors (Lipinski definition) is 3. The van der Waals surface area contributed by atoms with Crippen LogP contribution in [-0.4, -0.2) is 59.0 Å². The number of piperidine rings is 1. The van der Waals surface area contributed by atoms with Crippen LogP contribution in [0.2, 0.25) is 0 Å². The molecule has 1 fully saturated rings. The highest BCUT2D eigenvalue weighted by molar-refractivity contribution is 5.95. The third-order valence-electron chi connectivity index (χ3n) is 5.72. The Labute approximate surface area is 160 Å². The average Bonchev–Trinajstić information content (AvgIpc) is 2.90. The Morgan fingerprint density at radius 2 is 1.89 bits per heavy atom. The van der Waals surface area contributed by atoms with Crippen molar-refractivity contribution in [1.82, 2.24) is 9.88 Å². The quantitative estimate of drug-likeness (QED) is 0.717. The van der Waals surface area contributed by atoms with Crippen LogP contribution in [0.4, 0.5) is 5.69 Å². The highest BCUT2D eigenvalue weighted by atomic mass is 16.5. The van der Waals surface area contributed by atoms with Crippen LogP contribution in [0.1, 0.15) is 37.4 Å². The predicted octanol–water partition coefficient (Wildman–Crippen LogP) is 3.05. The Kier molecular flexibility index (Phi) is 5.36. The second kappa shape index (κ2) is 7.90. The van der Waals surface area contributed by atoms with Crippen LogP contribution in [0.15, 0.2) is 12.1 Å². The molecule has 27 heavy (non-hydrogen) atoms. The van der Waals surface area contributed by atoms with E-state index in [1.807, 2.05) is 0 Å². The third-order valence-corrected chi connectivity index (χ3v) is 5.72. The molecule has 4 rings (SSSR count). The van der Waals surface area contributed by atoms with Crippen LogP contribution < -0.4 is 5.32 Å². The first-order valence-corrected chi connectivity index (χ1v) is 10.1. The van der Waals surface area contributed by atoms with Gasteiger partial charge >= 0.3 is 0 Å². The number of nitrogens with one attached hydrogen (secondary N) is 1. The second-order valence-electron chi connectivity index (χ2n) is 7.64. The van der Waals surface area contributed by atoms with Gasteiger partial charge in [-0.25, -0.2) is 0 Å². The van der Waals surface area contributed by atoms with E-state index in [1.165, 1.54) is 18.5 Å². The van der Waals surface area contributed by atoms with E-state index >= 15 is 0 Å². The molecule has 2 aromatic rings. The first kappa shape index (κ1) is 18.3. The van der Waals surface area contributed by atoms with Crippen molar-refractivity contribution < 1.29 is 14.9 Å². The molecule has 0 bridgehead atoms. The summed E-state index contributed by atoms with van der Waals surface area (Å²) in [5, 5.41) is 24.6. The van der Waals surface area contributed by atoms with Gasteiger partial charge in [0.25, 0.3) is 0 Å². The van der Waals surface area contributed by atoms with Gasteiger partial charge in [0.15, 0.2) is 11.5 Å². The summed E-state index contributed by atoms with van der Waals surface area (Å²) in [6, 6.07) is 3.61. The standard InChI is InChI=1S/C21H29N3O3/c1-2-7-24-8-3-14(4-9-24)22-21-15-5-10-27-11-6-17(15)23-18-13-20(26)19(25)12-16(18)21/h12-14,25-26H,2-11H2,1H3,(H,22,23). The zero-order chi connectivity index (χ0) is 18.8. The van der Waals surface area contributed by atoms with Crippen molar-refractivity contribution in [3.63, 3.8) is 0 Å². The van der Waals surface area contributed by atoms with Crippen LogP contribution in [0.25, 0.3) is 10.9 Å². The van der Waals surface area contributed by atoms with E-state index in [4.69, 9.17) is 9.72 Å². The summed E-state index contributed by atoms with van der Waals surface area (Å²) in [4.78, 5) is 7.30. The number of nitrogens with zero attached hydrogens (tertiary/aromatic N) is 2. The number of phenols is 2. The maximum absolute atomic E-state index is 10.1. The monoisotopic (exact) mass is 371 g/mol. The Balaban J connectivity index is 1.69. The van der Waals surface area contributed by atoms with Gasteiger partial charge in [0.05, 0.1) is 18.7 Å². The van der Waals surface area contributed by atoms with E-state index in [9.17, 15) is 10.2 Å². The SMILES string of the molecule is CCCN1CCC(Nc2c3c(nc4cc(O)c(O)cc24)CCOCC3)CC1. The van der Waals surface area contributed by atoms with Crippen LogP contribution in [-0.2, 0) is 17.6 Å². The van der Waals surface area contributed by atoms with Crippen molar-refractivity contribution in [2.45, 2.75) is 45.1 Å². The number of hydrogen-bond acceptors (Lipinski definition) is 6. The highest BCUT2D eigenvalue weighted by Gasteiger charge is 2.23. The zero-order valence-corrected chi connectivity index (χ0v) is 16.0. The summed E-state index contributed by atoms with van der Waals surface area (Å²) >= 11 is 0. The molecule has 0 spiro atoms. The van der Waals surface area contributed by atoms with E-state index < -0.39 is 0 Å². The summed E-state index contributed by atoms with van der Waals surface area (Å²) in [7, 11) is 0. The number of aromatic nitrogens is 1. The largest absolute Gasteiger partial charge is 0.504 e. The molecule has 6 heteroatoms. The number of phenolic OH excluding ortho intramolecular Hbond substituents is 2. The van der Waals surface area contributed by atoms with Gasteiger partial charge in [-0.1, -0.05) is 6.92 Å². The molecule has 3 heterocycles.